The minimum absolute atomic E-state index is 0.000739. The molecule has 0 aromatic carbocycles. The van der Waals surface area contributed by atoms with Crippen LogP contribution >= 0.6 is 0 Å². The molecule has 1 amide bonds. The summed E-state index contributed by atoms with van der Waals surface area (Å²) in [6, 6.07) is -0.510. The standard InChI is InChI=1S/C17H31N3O3/c1-6-11-18(12-7-2)16(21)14-13-15(17(22)23-10-5)20(9-4)19(14)8-3/h13,15H,6-12H2,1-5H3. The number of hydrogen-bond donors (Lipinski definition) is 0. The second-order valence-electron chi connectivity index (χ2n) is 5.51. The largest absolute Gasteiger partial charge is 0.465 e. The molecule has 1 rings (SSSR count). The first kappa shape index (κ1) is 19.5. The lowest BCUT2D eigenvalue weighted by Crippen LogP contribution is -2.48. The van der Waals surface area contributed by atoms with Crippen molar-refractivity contribution in [2.75, 3.05) is 32.8 Å². The Kier molecular flexibility index (Phi) is 8.09. The summed E-state index contributed by atoms with van der Waals surface area (Å²) < 4.78 is 5.16. The Hall–Kier alpha value is -1.56. The van der Waals surface area contributed by atoms with E-state index in [-0.39, 0.29) is 11.9 Å². The molecule has 0 radical (unpaired) electrons. The van der Waals surface area contributed by atoms with Crippen LogP contribution in [0.3, 0.4) is 0 Å². The van der Waals surface area contributed by atoms with E-state index in [0.29, 0.717) is 25.4 Å². The average molecular weight is 325 g/mol. The van der Waals surface area contributed by atoms with E-state index in [1.165, 1.54) is 0 Å². The number of ether oxygens (including phenoxy) is 1. The van der Waals surface area contributed by atoms with Crippen molar-refractivity contribution in [2.24, 2.45) is 0 Å². The van der Waals surface area contributed by atoms with Gasteiger partial charge in [0.25, 0.3) is 5.91 Å². The van der Waals surface area contributed by atoms with Crippen LogP contribution < -0.4 is 0 Å². The molecule has 0 spiro atoms. The summed E-state index contributed by atoms with van der Waals surface area (Å²) in [5, 5.41) is 3.81. The summed E-state index contributed by atoms with van der Waals surface area (Å²) in [5.41, 5.74) is 0.592. The molecule has 0 aliphatic carbocycles. The zero-order chi connectivity index (χ0) is 17.4. The Morgan fingerprint density at radius 3 is 2.13 bits per heavy atom. The third-order valence-electron chi connectivity index (χ3n) is 3.87. The first-order valence-electron chi connectivity index (χ1n) is 8.77. The molecule has 23 heavy (non-hydrogen) atoms. The number of rotatable bonds is 9. The molecule has 1 atom stereocenters. The van der Waals surface area contributed by atoms with Gasteiger partial charge in [-0.1, -0.05) is 20.8 Å². The minimum atomic E-state index is -0.510. The van der Waals surface area contributed by atoms with Crippen LogP contribution in [0.1, 0.15) is 47.5 Å². The maximum absolute atomic E-state index is 12.9. The van der Waals surface area contributed by atoms with Crippen LogP contribution in [0.25, 0.3) is 0 Å². The van der Waals surface area contributed by atoms with Gasteiger partial charge < -0.3 is 14.6 Å². The predicted molar refractivity (Wildman–Crippen MR) is 90.4 cm³/mol. The van der Waals surface area contributed by atoms with Crippen molar-refractivity contribution < 1.29 is 14.3 Å². The van der Waals surface area contributed by atoms with Crippen molar-refractivity contribution in [2.45, 2.75) is 53.5 Å². The van der Waals surface area contributed by atoms with Crippen LogP contribution in [0.15, 0.2) is 11.8 Å². The lowest BCUT2D eigenvalue weighted by molar-refractivity contribution is -0.152. The summed E-state index contributed by atoms with van der Waals surface area (Å²) in [5.74, 6) is -0.297. The highest BCUT2D eigenvalue weighted by Crippen LogP contribution is 2.25. The van der Waals surface area contributed by atoms with E-state index in [9.17, 15) is 9.59 Å². The van der Waals surface area contributed by atoms with E-state index in [1.54, 1.807) is 13.0 Å². The molecule has 1 heterocycles. The number of carbonyl (C=O) groups excluding carboxylic acids is 2. The lowest BCUT2D eigenvalue weighted by Gasteiger charge is -2.34. The fraction of sp³-hybridized carbons (Fsp3) is 0.765. The Balaban J connectivity index is 3.06. The van der Waals surface area contributed by atoms with Crippen molar-refractivity contribution >= 4 is 11.9 Å². The maximum atomic E-state index is 12.9. The van der Waals surface area contributed by atoms with Crippen molar-refractivity contribution in [3.63, 3.8) is 0 Å². The van der Waals surface area contributed by atoms with E-state index in [4.69, 9.17) is 4.74 Å². The number of esters is 1. The first-order valence-corrected chi connectivity index (χ1v) is 8.77. The zero-order valence-electron chi connectivity index (χ0n) is 15.2. The summed E-state index contributed by atoms with van der Waals surface area (Å²) in [6.07, 6.45) is 3.60. The van der Waals surface area contributed by atoms with Gasteiger partial charge in [0.1, 0.15) is 11.7 Å². The maximum Gasteiger partial charge on any atom is 0.329 e. The van der Waals surface area contributed by atoms with Gasteiger partial charge in [0.05, 0.1) is 6.61 Å². The molecule has 1 unspecified atom stereocenters. The number of hydrogen-bond acceptors (Lipinski definition) is 5. The van der Waals surface area contributed by atoms with Crippen LogP contribution in [0.5, 0.6) is 0 Å². The van der Waals surface area contributed by atoms with E-state index in [0.717, 1.165) is 25.9 Å². The number of carbonyl (C=O) groups is 2. The molecule has 0 fully saturated rings. The molecule has 1 aliphatic heterocycles. The van der Waals surface area contributed by atoms with Gasteiger partial charge in [0.15, 0.2) is 0 Å². The molecule has 1 aliphatic rings. The van der Waals surface area contributed by atoms with Gasteiger partial charge in [-0.3, -0.25) is 4.79 Å². The monoisotopic (exact) mass is 325 g/mol. The second kappa shape index (κ2) is 9.55. The van der Waals surface area contributed by atoms with Crippen molar-refractivity contribution in [1.82, 2.24) is 14.9 Å². The molecule has 132 valence electrons. The van der Waals surface area contributed by atoms with Gasteiger partial charge in [-0.25, -0.2) is 9.80 Å². The topological polar surface area (TPSA) is 53.1 Å². The molecule has 0 aromatic heterocycles. The van der Waals surface area contributed by atoms with Crippen molar-refractivity contribution in [3.05, 3.63) is 11.8 Å². The van der Waals surface area contributed by atoms with Crippen LogP contribution in [-0.2, 0) is 14.3 Å². The van der Waals surface area contributed by atoms with Crippen LogP contribution in [0, 0.1) is 0 Å². The molecule has 0 saturated heterocycles. The summed E-state index contributed by atoms with van der Waals surface area (Å²) in [6.45, 7) is 13.0. The van der Waals surface area contributed by atoms with E-state index < -0.39 is 6.04 Å². The van der Waals surface area contributed by atoms with Crippen molar-refractivity contribution in [1.29, 1.82) is 0 Å². The first-order chi connectivity index (χ1) is 11.0. The van der Waals surface area contributed by atoms with E-state index >= 15 is 0 Å². The third kappa shape index (κ3) is 4.47. The third-order valence-corrected chi connectivity index (χ3v) is 3.87. The quantitative estimate of drug-likeness (QED) is 0.607. The van der Waals surface area contributed by atoms with Crippen molar-refractivity contribution in [3.8, 4) is 0 Å². The highest BCUT2D eigenvalue weighted by Gasteiger charge is 2.39. The highest BCUT2D eigenvalue weighted by molar-refractivity contribution is 5.95. The van der Waals surface area contributed by atoms with E-state index in [2.05, 4.69) is 13.8 Å². The Labute approximate surface area is 140 Å². The van der Waals surface area contributed by atoms with Gasteiger partial charge in [-0.15, -0.1) is 0 Å². The van der Waals surface area contributed by atoms with E-state index in [1.807, 2.05) is 28.8 Å². The molecule has 0 bridgehead atoms. The van der Waals surface area contributed by atoms with Gasteiger partial charge in [0.2, 0.25) is 0 Å². The smallest absolute Gasteiger partial charge is 0.329 e. The summed E-state index contributed by atoms with van der Waals surface area (Å²) in [7, 11) is 0. The molecule has 6 heteroatoms. The zero-order valence-corrected chi connectivity index (χ0v) is 15.2. The fourth-order valence-corrected chi connectivity index (χ4v) is 2.95. The number of nitrogens with zero attached hydrogens (tertiary/aromatic N) is 3. The summed E-state index contributed by atoms with van der Waals surface area (Å²) in [4.78, 5) is 27.0. The molecule has 0 N–H and O–H groups in total. The van der Waals surface area contributed by atoms with Crippen LogP contribution in [0.4, 0.5) is 0 Å². The van der Waals surface area contributed by atoms with Gasteiger partial charge in [-0.2, -0.15) is 0 Å². The number of hydrazine groups is 1. The Morgan fingerprint density at radius 2 is 1.70 bits per heavy atom. The second-order valence-corrected chi connectivity index (χ2v) is 5.51. The van der Waals surface area contributed by atoms with Gasteiger partial charge >= 0.3 is 5.97 Å². The van der Waals surface area contributed by atoms with Crippen LogP contribution in [-0.4, -0.2) is 65.6 Å². The molecule has 6 nitrogen and oxygen atoms in total. The lowest BCUT2D eigenvalue weighted by atomic mass is 10.2. The minimum Gasteiger partial charge on any atom is -0.465 e. The predicted octanol–water partition coefficient (Wildman–Crippen LogP) is 2.02. The number of likely N-dealkylation sites (N-methyl/N-ethyl adjacent to an activating group) is 2. The fourth-order valence-electron chi connectivity index (χ4n) is 2.95. The van der Waals surface area contributed by atoms with Gasteiger partial charge in [0, 0.05) is 26.2 Å². The number of amides is 1. The summed E-state index contributed by atoms with van der Waals surface area (Å²) >= 11 is 0. The molecule has 0 saturated carbocycles. The Morgan fingerprint density at radius 1 is 1.09 bits per heavy atom. The molecular formula is C17H31N3O3. The highest BCUT2D eigenvalue weighted by atomic mass is 16.5. The van der Waals surface area contributed by atoms with Crippen LogP contribution in [0.2, 0.25) is 0 Å². The van der Waals surface area contributed by atoms with Gasteiger partial charge in [-0.05, 0) is 32.8 Å². The normalized spacial score (nSPS) is 18.0. The SMILES string of the molecule is CCCN(CCC)C(=O)C1=CC(C(=O)OCC)N(CC)N1CC. The average Bonchev–Trinajstić information content (AvgIpc) is 2.92. The molecule has 0 aromatic rings. The Bertz CT molecular complexity index is 431. The molecular weight excluding hydrogens is 294 g/mol.